The molecule has 1 N–H and O–H groups in total. The van der Waals surface area contributed by atoms with Crippen LogP contribution in [0.3, 0.4) is 0 Å². The fourth-order valence-electron chi connectivity index (χ4n) is 0.916. The Morgan fingerprint density at radius 1 is 1.78 bits per heavy atom. The number of nitrogens with one attached hydrogen (secondary N) is 1. The highest BCUT2D eigenvalue weighted by molar-refractivity contribution is 5.77. The maximum Gasteiger partial charge on any atom is 0.210 e. The van der Waals surface area contributed by atoms with E-state index in [0.29, 0.717) is 0 Å². The third-order valence-electron chi connectivity index (χ3n) is 1.44. The summed E-state index contributed by atoms with van der Waals surface area (Å²) >= 11 is 0. The molecule has 52 valence electrons. The molecular formula is C6H11NO2. The van der Waals surface area contributed by atoms with Gasteiger partial charge in [0.25, 0.3) is 0 Å². The van der Waals surface area contributed by atoms with E-state index in [1.54, 1.807) is 0 Å². The van der Waals surface area contributed by atoms with Crippen LogP contribution in [0.15, 0.2) is 0 Å². The Bertz CT molecular complexity index is 108. The lowest BCUT2D eigenvalue weighted by Crippen LogP contribution is -2.19. The van der Waals surface area contributed by atoms with Gasteiger partial charge in [-0.1, -0.05) is 0 Å². The summed E-state index contributed by atoms with van der Waals surface area (Å²) in [5, 5.41) is 7.19. The van der Waals surface area contributed by atoms with Gasteiger partial charge >= 0.3 is 0 Å². The van der Waals surface area contributed by atoms with E-state index in [0.717, 1.165) is 19.4 Å². The van der Waals surface area contributed by atoms with E-state index in [4.69, 9.17) is 14.9 Å². The Hall–Kier alpha value is -0.570. The third kappa shape index (κ3) is 1.42. The van der Waals surface area contributed by atoms with Crippen molar-refractivity contribution in [3.8, 4) is 0 Å². The quantitative estimate of drug-likeness (QED) is 0.420. The molecule has 3 nitrogen and oxygen atoms in total. The van der Waals surface area contributed by atoms with Crippen molar-refractivity contribution in [2.75, 3.05) is 13.7 Å². The topological polar surface area (TPSA) is 42.3 Å². The Kier molecular flexibility index (Phi) is 2.05. The molecule has 0 aromatic rings. The molecule has 0 amide bonds. The van der Waals surface area contributed by atoms with Gasteiger partial charge in [0.05, 0.1) is 7.11 Å². The summed E-state index contributed by atoms with van der Waals surface area (Å²) in [5.74, 6) is 0.257. The molecule has 0 aromatic carbocycles. The molecule has 0 aromatic heterocycles. The predicted octanol–water partition coefficient (Wildman–Crippen LogP) is 0.789. The average molecular weight is 129 g/mol. The summed E-state index contributed by atoms with van der Waals surface area (Å²) in [6.07, 6.45) is 1.93. The van der Waals surface area contributed by atoms with Crippen LogP contribution in [-0.4, -0.2) is 25.7 Å². The van der Waals surface area contributed by atoms with Crippen LogP contribution in [-0.2, 0) is 9.47 Å². The highest BCUT2D eigenvalue weighted by atomic mass is 16.5. The molecule has 1 aliphatic heterocycles. The first-order chi connectivity index (χ1) is 4.34. The van der Waals surface area contributed by atoms with Crippen LogP contribution in [0.5, 0.6) is 0 Å². The highest BCUT2D eigenvalue weighted by Crippen LogP contribution is 2.12. The molecule has 3 heteroatoms. The Morgan fingerprint density at radius 2 is 2.56 bits per heavy atom. The van der Waals surface area contributed by atoms with Gasteiger partial charge in [-0.05, 0) is 12.8 Å². The lowest BCUT2D eigenvalue weighted by molar-refractivity contribution is 0.137. The first-order valence-corrected chi connectivity index (χ1v) is 3.08. The zero-order chi connectivity index (χ0) is 6.69. The van der Waals surface area contributed by atoms with Crippen LogP contribution < -0.4 is 0 Å². The summed E-state index contributed by atoms with van der Waals surface area (Å²) in [6.45, 7) is 0.774. The molecule has 1 atom stereocenters. The molecule has 0 spiro atoms. The van der Waals surface area contributed by atoms with Gasteiger partial charge in [-0.2, -0.15) is 0 Å². The van der Waals surface area contributed by atoms with Crippen molar-refractivity contribution < 1.29 is 9.47 Å². The second-order valence-corrected chi connectivity index (χ2v) is 2.07. The molecule has 1 fully saturated rings. The second kappa shape index (κ2) is 2.82. The number of ether oxygens (including phenoxy) is 2. The molecule has 1 heterocycles. The Labute approximate surface area is 54.5 Å². The number of rotatable bonds is 1. The van der Waals surface area contributed by atoms with Crippen molar-refractivity contribution in [2.24, 2.45) is 0 Å². The maximum absolute atomic E-state index is 7.19. The van der Waals surface area contributed by atoms with Crippen molar-refractivity contribution in [3.63, 3.8) is 0 Å². The van der Waals surface area contributed by atoms with Crippen LogP contribution in [0.2, 0.25) is 0 Å². The van der Waals surface area contributed by atoms with Gasteiger partial charge in [-0.25, -0.2) is 0 Å². The fourth-order valence-corrected chi connectivity index (χ4v) is 0.916. The van der Waals surface area contributed by atoms with E-state index in [1.807, 2.05) is 0 Å². The molecule has 1 rings (SSSR count). The average Bonchev–Trinajstić information content (AvgIpc) is 2.37. The zero-order valence-electron chi connectivity index (χ0n) is 5.52. The number of methoxy groups -OCH3 is 1. The minimum Gasteiger partial charge on any atom is -0.483 e. The smallest absolute Gasteiger partial charge is 0.210 e. The lowest BCUT2D eigenvalue weighted by Gasteiger charge is -2.07. The standard InChI is InChI=1S/C6H11NO2/c1-8-6(7)5-3-2-4-9-5/h5,7H,2-4H2,1H3. The zero-order valence-corrected chi connectivity index (χ0v) is 5.52. The molecule has 0 aliphatic carbocycles. The van der Waals surface area contributed by atoms with Crippen LogP contribution in [0, 0.1) is 5.41 Å². The van der Waals surface area contributed by atoms with Gasteiger partial charge < -0.3 is 9.47 Å². The highest BCUT2D eigenvalue weighted by Gasteiger charge is 2.20. The van der Waals surface area contributed by atoms with Crippen molar-refractivity contribution in [1.29, 1.82) is 5.41 Å². The summed E-state index contributed by atoms with van der Waals surface area (Å²) in [4.78, 5) is 0. The van der Waals surface area contributed by atoms with E-state index >= 15 is 0 Å². The van der Waals surface area contributed by atoms with Gasteiger partial charge in [0.2, 0.25) is 5.90 Å². The van der Waals surface area contributed by atoms with Crippen molar-refractivity contribution in [2.45, 2.75) is 18.9 Å². The molecule has 1 unspecified atom stereocenters. The Balaban J connectivity index is 2.32. The van der Waals surface area contributed by atoms with Crippen molar-refractivity contribution in [3.05, 3.63) is 0 Å². The maximum atomic E-state index is 7.19. The van der Waals surface area contributed by atoms with Crippen LogP contribution in [0.1, 0.15) is 12.8 Å². The van der Waals surface area contributed by atoms with Crippen LogP contribution in [0.25, 0.3) is 0 Å². The minimum absolute atomic E-state index is 0.0602. The summed E-state index contributed by atoms with van der Waals surface area (Å²) < 4.78 is 9.85. The molecule has 0 saturated carbocycles. The minimum atomic E-state index is -0.0602. The monoisotopic (exact) mass is 129 g/mol. The fraction of sp³-hybridized carbons (Fsp3) is 0.833. The van der Waals surface area contributed by atoms with Gasteiger partial charge in [0, 0.05) is 6.61 Å². The molecule has 0 bridgehead atoms. The number of hydrogen-bond donors (Lipinski definition) is 1. The molecule has 0 radical (unpaired) electrons. The second-order valence-electron chi connectivity index (χ2n) is 2.07. The van der Waals surface area contributed by atoms with E-state index in [1.165, 1.54) is 7.11 Å². The van der Waals surface area contributed by atoms with E-state index in [9.17, 15) is 0 Å². The predicted molar refractivity (Wildman–Crippen MR) is 33.7 cm³/mol. The third-order valence-corrected chi connectivity index (χ3v) is 1.44. The van der Waals surface area contributed by atoms with Gasteiger partial charge in [0.1, 0.15) is 6.10 Å². The molecule has 1 saturated heterocycles. The van der Waals surface area contributed by atoms with Crippen molar-refractivity contribution >= 4 is 5.90 Å². The van der Waals surface area contributed by atoms with E-state index < -0.39 is 0 Å². The first kappa shape index (κ1) is 6.55. The van der Waals surface area contributed by atoms with Crippen molar-refractivity contribution in [1.82, 2.24) is 0 Å². The van der Waals surface area contributed by atoms with Gasteiger partial charge in [-0.3, -0.25) is 5.41 Å². The van der Waals surface area contributed by atoms with Crippen LogP contribution in [0.4, 0.5) is 0 Å². The Morgan fingerprint density at radius 3 is 3.00 bits per heavy atom. The summed E-state index contributed by atoms with van der Waals surface area (Å²) in [5.41, 5.74) is 0. The SMILES string of the molecule is COC(=N)C1CCCO1. The van der Waals surface area contributed by atoms with Crippen LogP contribution >= 0.6 is 0 Å². The van der Waals surface area contributed by atoms with E-state index in [2.05, 4.69) is 0 Å². The number of hydrogen-bond acceptors (Lipinski definition) is 3. The van der Waals surface area contributed by atoms with Gasteiger partial charge in [0.15, 0.2) is 0 Å². The lowest BCUT2D eigenvalue weighted by atomic mass is 10.2. The van der Waals surface area contributed by atoms with Gasteiger partial charge in [-0.15, -0.1) is 0 Å². The first-order valence-electron chi connectivity index (χ1n) is 3.08. The normalized spacial score (nSPS) is 26.1. The largest absolute Gasteiger partial charge is 0.483 e. The molecule has 9 heavy (non-hydrogen) atoms. The van der Waals surface area contributed by atoms with E-state index in [-0.39, 0.29) is 12.0 Å². The molecular weight excluding hydrogens is 118 g/mol. The molecule has 1 aliphatic rings. The summed E-state index contributed by atoms with van der Waals surface area (Å²) in [7, 11) is 1.50. The summed E-state index contributed by atoms with van der Waals surface area (Å²) in [6, 6.07) is 0.